The maximum Gasteiger partial charge on any atom is 0.311 e. The van der Waals surface area contributed by atoms with E-state index in [1.54, 1.807) is 43.8 Å². The van der Waals surface area contributed by atoms with Crippen molar-refractivity contribution in [1.29, 1.82) is 0 Å². The molecule has 27 heavy (non-hydrogen) atoms. The third kappa shape index (κ3) is 6.57. The molecule has 1 aromatic rings. The van der Waals surface area contributed by atoms with E-state index in [-0.39, 0.29) is 18.4 Å². The first-order valence-corrected chi connectivity index (χ1v) is 10.6. The van der Waals surface area contributed by atoms with Crippen LogP contribution in [0.5, 0.6) is 0 Å². The number of benzene rings is 1. The van der Waals surface area contributed by atoms with Gasteiger partial charge in [0.25, 0.3) is 5.91 Å². The van der Waals surface area contributed by atoms with Crippen LogP contribution in [0, 0.1) is 12.3 Å². The van der Waals surface area contributed by atoms with Crippen LogP contribution in [0.15, 0.2) is 24.3 Å². The van der Waals surface area contributed by atoms with Crippen molar-refractivity contribution in [3.05, 3.63) is 35.4 Å². The molecule has 0 aliphatic rings. The predicted molar refractivity (Wildman–Crippen MR) is 109 cm³/mol. The van der Waals surface area contributed by atoms with Crippen molar-refractivity contribution in [2.45, 2.75) is 46.1 Å². The zero-order valence-corrected chi connectivity index (χ0v) is 17.3. The first-order chi connectivity index (χ1) is 12.8. The van der Waals surface area contributed by atoms with E-state index >= 15 is 0 Å². The molecule has 150 valence electrons. The summed E-state index contributed by atoms with van der Waals surface area (Å²) in [6, 6.07) is 6.46. The fourth-order valence-corrected chi connectivity index (χ4v) is 3.26. The van der Waals surface area contributed by atoms with Crippen molar-refractivity contribution < 1.29 is 19.5 Å². The van der Waals surface area contributed by atoms with Gasteiger partial charge in [-0.15, -0.1) is 0 Å². The molecule has 0 spiro atoms. The largest absolute Gasteiger partial charge is 0.481 e. The number of carbonyl (C=O) groups excluding carboxylic acids is 2. The van der Waals surface area contributed by atoms with Crippen molar-refractivity contribution in [2.24, 2.45) is 5.41 Å². The van der Waals surface area contributed by atoms with E-state index in [0.717, 1.165) is 5.56 Å². The molecule has 0 bridgehead atoms. The number of amides is 2. The molecule has 6 nitrogen and oxygen atoms in total. The molecule has 3 N–H and O–H groups in total. The lowest BCUT2D eigenvalue weighted by Crippen LogP contribution is -2.50. The molecule has 0 fully saturated rings. The van der Waals surface area contributed by atoms with Crippen molar-refractivity contribution in [1.82, 2.24) is 10.6 Å². The fourth-order valence-electron chi connectivity index (χ4n) is 2.79. The van der Waals surface area contributed by atoms with Crippen LogP contribution in [0.2, 0.25) is 0 Å². The average molecular weight is 395 g/mol. The van der Waals surface area contributed by atoms with Crippen molar-refractivity contribution in [3.63, 3.8) is 0 Å². The summed E-state index contributed by atoms with van der Waals surface area (Å²) in [5, 5.41) is 15.0. The number of carboxylic acid groups (broad SMARTS) is 1. The van der Waals surface area contributed by atoms with Crippen molar-refractivity contribution in [2.75, 3.05) is 18.6 Å². The lowest BCUT2D eigenvalue weighted by molar-refractivity contribution is -0.149. The Hall–Kier alpha value is -2.02. The molecule has 1 aromatic carbocycles. The number of hydrogen-bond acceptors (Lipinski definition) is 4. The molecular formula is C20H30N2O4S. The van der Waals surface area contributed by atoms with E-state index in [1.807, 2.05) is 19.2 Å². The van der Waals surface area contributed by atoms with Gasteiger partial charge in [-0.05, 0) is 50.3 Å². The molecule has 1 rings (SSSR count). The molecule has 1 atom stereocenters. The minimum Gasteiger partial charge on any atom is -0.481 e. The molecular weight excluding hydrogens is 364 g/mol. The quantitative estimate of drug-likeness (QED) is 0.536. The number of aliphatic carboxylic acids is 1. The first-order valence-electron chi connectivity index (χ1n) is 9.17. The summed E-state index contributed by atoms with van der Waals surface area (Å²) in [5.74, 6) is -0.872. The Morgan fingerprint density at radius 3 is 2.41 bits per heavy atom. The summed E-state index contributed by atoms with van der Waals surface area (Å²) in [6.45, 7) is 5.54. The number of carboxylic acids is 1. The van der Waals surface area contributed by atoms with E-state index in [9.17, 15) is 19.5 Å². The molecule has 0 unspecified atom stereocenters. The van der Waals surface area contributed by atoms with Gasteiger partial charge in [-0.1, -0.05) is 31.5 Å². The normalized spacial score (nSPS) is 12.3. The number of carbonyl (C=O) groups is 3. The number of hydrogen-bond donors (Lipinski definition) is 3. The Kier molecular flexibility index (Phi) is 9.35. The number of thioether (sulfide) groups is 1. The van der Waals surface area contributed by atoms with Gasteiger partial charge in [-0.25, -0.2) is 0 Å². The van der Waals surface area contributed by atoms with Crippen LogP contribution in [0.3, 0.4) is 0 Å². The van der Waals surface area contributed by atoms with Crippen LogP contribution in [0.4, 0.5) is 0 Å². The second kappa shape index (κ2) is 11.0. The van der Waals surface area contributed by atoms with Gasteiger partial charge in [0.1, 0.15) is 6.04 Å². The highest BCUT2D eigenvalue weighted by atomic mass is 32.2. The minimum absolute atomic E-state index is 0.0459. The lowest BCUT2D eigenvalue weighted by Gasteiger charge is -2.28. The number of rotatable bonds is 11. The fraction of sp³-hybridized carbons (Fsp3) is 0.550. The highest BCUT2D eigenvalue weighted by Gasteiger charge is 2.36. The lowest BCUT2D eigenvalue weighted by atomic mass is 9.82. The molecule has 0 aliphatic heterocycles. The Balaban J connectivity index is 2.84. The maximum absolute atomic E-state index is 12.7. The summed E-state index contributed by atoms with van der Waals surface area (Å²) in [4.78, 5) is 36.8. The molecule has 2 amide bonds. The van der Waals surface area contributed by atoms with Crippen molar-refractivity contribution in [3.8, 4) is 0 Å². The van der Waals surface area contributed by atoms with Gasteiger partial charge in [0.15, 0.2) is 0 Å². The zero-order valence-electron chi connectivity index (χ0n) is 16.5. The summed E-state index contributed by atoms with van der Waals surface area (Å²) >= 11 is 1.58. The van der Waals surface area contributed by atoms with Crippen LogP contribution in [-0.2, 0) is 9.59 Å². The summed E-state index contributed by atoms with van der Waals surface area (Å²) in [5.41, 5.74) is 0.476. The average Bonchev–Trinajstić information content (AvgIpc) is 2.65. The molecule has 0 aromatic heterocycles. The second-order valence-corrected chi connectivity index (χ2v) is 7.67. The predicted octanol–water partition coefficient (Wildman–Crippen LogP) is 2.85. The topological polar surface area (TPSA) is 95.5 Å². The van der Waals surface area contributed by atoms with E-state index in [4.69, 9.17) is 0 Å². The van der Waals surface area contributed by atoms with Crippen LogP contribution in [-0.4, -0.2) is 47.5 Å². The van der Waals surface area contributed by atoms with E-state index in [2.05, 4.69) is 10.6 Å². The molecule has 0 saturated carbocycles. The maximum atomic E-state index is 12.7. The van der Waals surface area contributed by atoms with E-state index in [1.165, 1.54) is 0 Å². The summed E-state index contributed by atoms with van der Waals surface area (Å²) < 4.78 is 0. The van der Waals surface area contributed by atoms with Gasteiger partial charge in [0.05, 0.1) is 5.41 Å². The standard InChI is InChI=1S/C20H30N2O4S/c1-5-20(6-2,19(25)26)13-21-18(24)16(10-11-27-4)22-17(23)15-9-7-8-14(3)12-15/h7-9,12,16H,5-6,10-11,13H2,1-4H3,(H,21,24)(H,22,23)(H,25,26)/t16-/m0/s1. The Morgan fingerprint density at radius 1 is 1.22 bits per heavy atom. The highest BCUT2D eigenvalue weighted by molar-refractivity contribution is 7.98. The molecule has 7 heteroatoms. The van der Waals surface area contributed by atoms with Gasteiger partial charge < -0.3 is 15.7 Å². The second-order valence-electron chi connectivity index (χ2n) is 6.69. The van der Waals surface area contributed by atoms with Crippen LogP contribution < -0.4 is 10.6 Å². The minimum atomic E-state index is -0.986. The van der Waals surface area contributed by atoms with E-state index in [0.29, 0.717) is 30.6 Å². The Bertz CT molecular complexity index is 659. The Labute approximate surface area is 165 Å². The molecule has 0 heterocycles. The van der Waals surface area contributed by atoms with Gasteiger partial charge >= 0.3 is 5.97 Å². The molecule has 0 saturated heterocycles. The highest BCUT2D eigenvalue weighted by Crippen LogP contribution is 2.25. The monoisotopic (exact) mass is 394 g/mol. The molecule has 0 aliphatic carbocycles. The third-order valence-electron chi connectivity index (χ3n) is 4.92. The number of nitrogens with one attached hydrogen (secondary N) is 2. The van der Waals surface area contributed by atoms with Crippen molar-refractivity contribution >= 4 is 29.5 Å². The first kappa shape index (κ1) is 23.0. The summed E-state index contributed by atoms with van der Waals surface area (Å²) in [6.07, 6.45) is 3.25. The number of aryl methyl sites for hydroxylation is 1. The molecule has 0 radical (unpaired) electrons. The SMILES string of the molecule is CCC(CC)(CNC(=O)[C@H](CCSC)NC(=O)c1cccc(C)c1)C(=O)O. The smallest absolute Gasteiger partial charge is 0.311 e. The van der Waals surface area contributed by atoms with Crippen LogP contribution >= 0.6 is 11.8 Å². The van der Waals surface area contributed by atoms with Crippen LogP contribution in [0.25, 0.3) is 0 Å². The third-order valence-corrected chi connectivity index (χ3v) is 5.56. The van der Waals surface area contributed by atoms with Gasteiger partial charge in [0.2, 0.25) is 5.91 Å². The van der Waals surface area contributed by atoms with Crippen LogP contribution in [0.1, 0.15) is 49.0 Å². The summed E-state index contributed by atoms with van der Waals surface area (Å²) in [7, 11) is 0. The van der Waals surface area contributed by atoms with Gasteiger partial charge in [-0.3, -0.25) is 14.4 Å². The van der Waals surface area contributed by atoms with Gasteiger partial charge in [-0.2, -0.15) is 11.8 Å². The van der Waals surface area contributed by atoms with Gasteiger partial charge in [0, 0.05) is 12.1 Å². The Morgan fingerprint density at radius 2 is 1.89 bits per heavy atom. The zero-order chi connectivity index (χ0) is 20.4. The van der Waals surface area contributed by atoms with E-state index < -0.39 is 17.4 Å².